The van der Waals surface area contributed by atoms with E-state index in [1.807, 2.05) is 19.1 Å². The molecule has 0 aromatic heterocycles. The van der Waals surface area contributed by atoms with Crippen LogP contribution < -0.4 is 14.2 Å². The summed E-state index contributed by atoms with van der Waals surface area (Å²) < 4.78 is 22.2. The number of ether oxygens (including phenoxy) is 4. The molecular formula is C25H30O7. The van der Waals surface area contributed by atoms with Gasteiger partial charge in [-0.25, -0.2) is 4.79 Å². The maximum absolute atomic E-state index is 11.7. The molecule has 1 atom stereocenters. The second-order valence-electron chi connectivity index (χ2n) is 7.73. The fraction of sp³-hybridized carbons (Fsp3) is 0.440. The molecule has 0 radical (unpaired) electrons. The Morgan fingerprint density at radius 1 is 1.16 bits per heavy atom. The normalized spacial score (nSPS) is 14.8. The van der Waals surface area contributed by atoms with Crippen molar-refractivity contribution in [2.45, 2.75) is 52.1 Å². The van der Waals surface area contributed by atoms with Crippen molar-refractivity contribution >= 4 is 11.8 Å². The van der Waals surface area contributed by atoms with Crippen LogP contribution in [0.2, 0.25) is 0 Å². The number of aromatic hydroxyl groups is 1. The molecule has 0 saturated carbocycles. The third-order valence-electron chi connectivity index (χ3n) is 5.38. The van der Waals surface area contributed by atoms with Crippen molar-refractivity contribution in [2.75, 3.05) is 20.3 Å². The highest BCUT2D eigenvalue weighted by molar-refractivity contribution is 5.97. The predicted octanol–water partition coefficient (Wildman–Crippen LogP) is 4.26. The summed E-state index contributed by atoms with van der Waals surface area (Å²) in [6.07, 6.45) is 2.84. The van der Waals surface area contributed by atoms with Gasteiger partial charge in [0.15, 0.2) is 11.9 Å². The van der Waals surface area contributed by atoms with Crippen LogP contribution in [-0.4, -0.2) is 43.3 Å². The van der Waals surface area contributed by atoms with E-state index in [2.05, 4.69) is 0 Å². The molecule has 0 amide bonds. The summed E-state index contributed by atoms with van der Waals surface area (Å²) in [5.74, 6) is 1.35. The van der Waals surface area contributed by atoms with E-state index in [9.17, 15) is 14.7 Å². The third kappa shape index (κ3) is 5.52. The Morgan fingerprint density at radius 3 is 2.66 bits per heavy atom. The summed E-state index contributed by atoms with van der Waals surface area (Å²) in [7, 11) is 1.35. The maximum atomic E-state index is 11.7. The molecule has 0 bridgehead atoms. The third-order valence-corrected chi connectivity index (χ3v) is 5.38. The van der Waals surface area contributed by atoms with E-state index in [-0.39, 0.29) is 17.5 Å². The Balaban J connectivity index is 1.53. The number of hydrogen-bond donors (Lipinski definition) is 1. The number of benzene rings is 2. The minimum absolute atomic E-state index is 0.00687. The zero-order valence-electron chi connectivity index (χ0n) is 18.8. The van der Waals surface area contributed by atoms with E-state index < -0.39 is 6.10 Å². The zero-order valence-corrected chi connectivity index (χ0v) is 18.8. The molecule has 3 rings (SSSR count). The number of fused-ring (bicyclic) bond motifs is 1. The summed E-state index contributed by atoms with van der Waals surface area (Å²) in [6.45, 7) is 4.28. The second-order valence-corrected chi connectivity index (χ2v) is 7.73. The molecule has 32 heavy (non-hydrogen) atoms. The fourth-order valence-electron chi connectivity index (χ4n) is 3.70. The number of phenolic OH excluding ortho intramolecular Hbond substituents is 1. The summed E-state index contributed by atoms with van der Waals surface area (Å²) in [4.78, 5) is 23.4. The summed E-state index contributed by atoms with van der Waals surface area (Å²) >= 11 is 0. The smallest absolute Gasteiger partial charge is 0.347 e. The fourth-order valence-corrected chi connectivity index (χ4v) is 3.70. The van der Waals surface area contributed by atoms with Gasteiger partial charge in [0.05, 0.1) is 25.9 Å². The Morgan fingerprint density at radius 2 is 1.94 bits per heavy atom. The molecule has 7 heteroatoms. The van der Waals surface area contributed by atoms with Crippen molar-refractivity contribution in [1.82, 2.24) is 0 Å². The number of esters is 1. The molecule has 1 aliphatic rings. The molecule has 0 fully saturated rings. The minimum atomic E-state index is -0.584. The molecule has 0 saturated heterocycles. The summed E-state index contributed by atoms with van der Waals surface area (Å²) in [5.41, 5.74) is 2.01. The number of methoxy groups -OCH3 is 1. The highest BCUT2D eigenvalue weighted by atomic mass is 16.6. The summed E-state index contributed by atoms with van der Waals surface area (Å²) in [5, 5.41) is 10.4. The molecular weight excluding hydrogens is 412 g/mol. The van der Waals surface area contributed by atoms with E-state index in [1.165, 1.54) is 14.0 Å². The maximum Gasteiger partial charge on any atom is 0.347 e. The number of phenols is 1. The van der Waals surface area contributed by atoms with Crippen LogP contribution in [0.15, 0.2) is 30.3 Å². The predicted molar refractivity (Wildman–Crippen MR) is 119 cm³/mol. The van der Waals surface area contributed by atoms with Gasteiger partial charge >= 0.3 is 5.97 Å². The number of ketones is 1. The topological polar surface area (TPSA) is 91.3 Å². The minimum Gasteiger partial charge on any atom is -0.507 e. The van der Waals surface area contributed by atoms with Crippen LogP contribution in [0.3, 0.4) is 0 Å². The standard InChI is InChI=1S/C25H30O7/c1-4-6-20-21(12-10-19(16(2)26)24(20)27)31-14-5-13-30-18-9-7-17-8-11-22(25(28)29-3)32-23(17)15-18/h7,9-10,12,15,22,27H,4-6,8,11,13-14H2,1-3H3. The quantitative estimate of drug-likeness (QED) is 0.334. The van der Waals surface area contributed by atoms with Crippen molar-refractivity contribution in [1.29, 1.82) is 0 Å². The molecule has 0 spiro atoms. The molecule has 1 N–H and O–H groups in total. The first-order chi connectivity index (χ1) is 15.4. The number of rotatable bonds is 10. The van der Waals surface area contributed by atoms with E-state index >= 15 is 0 Å². The first kappa shape index (κ1) is 23.4. The van der Waals surface area contributed by atoms with Gasteiger partial charge in [-0.2, -0.15) is 0 Å². The van der Waals surface area contributed by atoms with Crippen molar-refractivity contribution in [2.24, 2.45) is 0 Å². The van der Waals surface area contributed by atoms with Gasteiger partial charge in [-0.1, -0.05) is 19.4 Å². The number of carbonyl (C=O) groups excluding carboxylic acids is 2. The average molecular weight is 443 g/mol. The Hall–Kier alpha value is -3.22. The van der Waals surface area contributed by atoms with Gasteiger partial charge in [0.2, 0.25) is 0 Å². The van der Waals surface area contributed by atoms with Crippen LogP contribution in [0, 0.1) is 0 Å². The van der Waals surface area contributed by atoms with Crippen LogP contribution in [0.1, 0.15) is 54.6 Å². The second kappa shape index (κ2) is 10.9. The molecule has 2 aromatic carbocycles. The lowest BCUT2D eigenvalue weighted by Crippen LogP contribution is -2.32. The summed E-state index contributed by atoms with van der Waals surface area (Å²) in [6, 6.07) is 8.96. The van der Waals surface area contributed by atoms with E-state index in [0.29, 0.717) is 60.9 Å². The lowest BCUT2D eigenvalue weighted by atomic mass is 10.0. The zero-order chi connectivity index (χ0) is 23.1. The Bertz CT molecular complexity index is 967. The molecule has 1 unspecified atom stereocenters. The highest BCUT2D eigenvalue weighted by Gasteiger charge is 2.27. The van der Waals surface area contributed by atoms with Crippen molar-refractivity contribution in [3.63, 3.8) is 0 Å². The molecule has 172 valence electrons. The van der Waals surface area contributed by atoms with Gasteiger partial charge in [0.25, 0.3) is 0 Å². The van der Waals surface area contributed by atoms with Crippen LogP contribution >= 0.6 is 0 Å². The lowest BCUT2D eigenvalue weighted by Gasteiger charge is -2.24. The highest BCUT2D eigenvalue weighted by Crippen LogP contribution is 2.33. The monoisotopic (exact) mass is 442 g/mol. The van der Waals surface area contributed by atoms with Gasteiger partial charge in [0, 0.05) is 18.1 Å². The van der Waals surface area contributed by atoms with E-state index in [0.717, 1.165) is 18.4 Å². The molecule has 0 aliphatic carbocycles. The molecule has 2 aromatic rings. The average Bonchev–Trinajstić information content (AvgIpc) is 2.79. The Labute approximate surface area is 188 Å². The van der Waals surface area contributed by atoms with Crippen LogP contribution in [-0.2, 0) is 22.4 Å². The number of aryl methyl sites for hydroxylation is 1. The molecule has 1 aliphatic heterocycles. The van der Waals surface area contributed by atoms with Crippen molar-refractivity contribution in [3.8, 4) is 23.0 Å². The van der Waals surface area contributed by atoms with Crippen molar-refractivity contribution in [3.05, 3.63) is 47.0 Å². The van der Waals surface area contributed by atoms with Gasteiger partial charge < -0.3 is 24.1 Å². The first-order valence-electron chi connectivity index (χ1n) is 10.9. The Kier molecular flexibility index (Phi) is 7.98. The number of carbonyl (C=O) groups is 2. The van der Waals surface area contributed by atoms with Crippen molar-refractivity contribution < 1.29 is 33.6 Å². The largest absolute Gasteiger partial charge is 0.507 e. The van der Waals surface area contributed by atoms with Gasteiger partial charge in [0.1, 0.15) is 23.0 Å². The molecule has 7 nitrogen and oxygen atoms in total. The van der Waals surface area contributed by atoms with Crippen LogP contribution in [0.4, 0.5) is 0 Å². The number of hydrogen-bond acceptors (Lipinski definition) is 7. The van der Waals surface area contributed by atoms with Gasteiger partial charge in [-0.3, -0.25) is 4.79 Å². The first-order valence-corrected chi connectivity index (χ1v) is 10.9. The SMILES string of the molecule is CCCc1c(OCCCOc2ccc3c(c2)OC(C(=O)OC)CC3)ccc(C(C)=O)c1O. The number of Topliss-reactive ketones (excluding diaryl/α,β-unsaturated/α-hetero) is 1. The van der Waals surface area contributed by atoms with Gasteiger partial charge in [-0.05, 0) is 49.9 Å². The molecule has 1 heterocycles. The lowest BCUT2D eigenvalue weighted by molar-refractivity contribution is -0.149. The van der Waals surface area contributed by atoms with Crippen LogP contribution in [0.5, 0.6) is 23.0 Å². The van der Waals surface area contributed by atoms with Crippen LogP contribution in [0.25, 0.3) is 0 Å². The van der Waals surface area contributed by atoms with E-state index in [4.69, 9.17) is 18.9 Å². The van der Waals surface area contributed by atoms with Gasteiger partial charge in [-0.15, -0.1) is 0 Å². The van der Waals surface area contributed by atoms with E-state index in [1.54, 1.807) is 18.2 Å².